The van der Waals surface area contributed by atoms with Gasteiger partial charge >= 0.3 is 0 Å². The molecule has 0 aliphatic carbocycles. The largest absolute Gasteiger partial charge is 0.349 e. The molecule has 0 atom stereocenters. The Balaban J connectivity index is 2.06. The zero-order valence-corrected chi connectivity index (χ0v) is 10.8. The third kappa shape index (κ3) is 2.92. The van der Waals surface area contributed by atoms with Crippen molar-refractivity contribution in [1.29, 1.82) is 0 Å². The first-order chi connectivity index (χ1) is 8.56. The Kier molecular flexibility index (Phi) is 3.72. The summed E-state index contributed by atoms with van der Waals surface area (Å²) in [6.07, 6.45) is 0. The third-order valence-electron chi connectivity index (χ3n) is 2.53. The maximum absolute atomic E-state index is 13.0. The summed E-state index contributed by atoms with van der Waals surface area (Å²) in [7, 11) is 0. The predicted octanol–water partition coefficient (Wildman–Crippen LogP) is 2.89. The molecular formula is C12H12ClFN4. The van der Waals surface area contributed by atoms with Crippen molar-refractivity contribution < 1.29 is 4.39 Å². The van der Waals surface area contributed by atoms with E-state index in [1.165, 1.54) is 6.07 Å². The van der Waals surface area contributed by atoms with E-state index in [9.17, 15) is 4.39 Å². The fourth-order valence-corrected chi connectivity index (χ4v) is 1.57. The Morgan fingerprint density at radius 2 is 2.00 bits per heavy atom. The summed E-state index contributed by atoms with van der Waals surface area (Å²) in [5, 5.41) is 11.0. The van der Waals surface area contributed by atoms with Crippen molar-refractivity contribution in [2.45, 2.75) is 20.4 Å². The Bertz CT molecular complexity index is 522. The number of aryl methyl sites for hydroxylation is 2. The standard InChI is InChI=1S/C12H12ClFN4/c1-7-8(2)17-18-12(16-7)15-6-9-3-4-11(14)10(13)5-9/h3-5H,6H2,1-2H3,(H,15,16,18). The zero-order chi connectivity index (χ0) is 13.1. The van der Waals surface area contributed by atoms with Crippen LogP contribution >= 0.6 is 11.6 Å². The zero-order valence-electron chi connectivity index (χ0n) is 10.0. The average Bonchev–Trinajstić information content (AvgIpc) is 2.35. The number of aromatic nitrogens is 3. The lowest BCUT2D eigenvalue weighted by atomic mass is 10.2. The van der Waals surface area contributed by atoms with Gasteiger partial charge in [-0.1, -0.05) is 17.7 Å². The Labute approximate surface area is 109 Å². The number of nitrogens with zero attached hydrogens (tertiary/aromatic N) is 3. The monoisotopic (exact) mass is 266 g/mol. The van der Waals surface area contributed by atoms with Crippen molar-refractivity contribution >= 4 is 17.5 Å². The van der Waals surface area contributed by atoms with Gasteiger partial charge in [0.1, 0.15) is 5.82 Å². The molecule has 2 aromatic rings. The molecule has 0 fully saturated rings. The van der Waals surface area contributed by atoms with Gasteiger partial charge < -0.3 is 5.32 Å². The van der Waals surface area contributed by atoms with Crippen LogP contribution in [0.1, 0.15) is 17.0 Å². The number of benzene rings is 1. The Hall–Kier alpha value is -1.75. The molecule has 4 nitrogen and oxygen atoms in total. The van der Waals surface area contributed by atoms with Crippen LogP contribution in [0.15, 0.2) is 18.2 Å². The van der Waals surface area contributed by atoms with Gasteiger partial charge in [-0.2, -0.15) is 5.10 Å². The lowest BCUT2D eigenvalue weighted by Gasteiger charge is -2.06. The molecule has 18 heavy (non-hydrogen) atoms. The number of rotatable bonds is 3. The highest BCUT2D eigenvalue weighted by atomic mass is 35.5. The molecule has 0 aliphatic heterocycles. The molecular weight excluding hydrogens is 255 g/mol. The van der Waals surface area contributed by atoms with Crippen LogP contribution < -0.4 is 5.32 Å². The molecule has 0 saturated carbocycles. The summed E-state index contributed by atoms with van der Waals surface area (Å²) in [5.41, 5.74) is 2.47. The number of anilines is 1. The van der Waals surface area contributed by atoms with Gasteiger partial charge in [0.15, 0.2) is 0 Å². The van der Waals surface area contributed by atoms with Crippen molar-refractivity contribution in [1.82, 2.24) is 15.2 Å². The summed E-state index contributed by atoms with van der Waals surface area (Å²) in [6.45, 7) is 4.17. The molecule has 1 aromatic heterocycles. The minimum Gasteiger partial charge on any atom is -0.349 e. The first-order valence-electron chi connectivity index (χ1n) is 5.42. The second kappa shape index (κ2) is 5.27. The average molecular weight is 267 g/mol. The van der Waals surface area contributed by atoms with Crippen LogP contribution in [-0.4, -0.2) is 15.2 Å². The van der Waals surface area contributed by atoms with E-state index >= 15 is 0 Å². The molecule has 2 rings (SSSR count). The molecule has 94 valence electrons. The van der Waals surface area contributed by atoms with Gasteiger partial charge in [0.2, 0.25) is 5.95 Å². The molecule has 0 bridgehead atoms. The minimum absolute atomic E-state index is 0.105. The van der Waals surface area contributed by atoms with E-state index in [2.05, 4.69) is 20.5 Å². The molecule has 0 amide bonds. The summed E-state index contributed by atoms with van der Waals surface area (Å²) < 4.78 is 13.0. The highest BCUT2D eigenvalue weighted by Crippen LogP contribution is 2.16. The van der Waals surface area contributed by atoms with E-state index in [0.717, 1.165) is 17.0 Å². The van der Waals surface area contributed by atoms with Gasteiger partial charge in [0.05, 0.1) is 16.4 Å². The van der Waals surface area contributed by atoms with E-state index in [1.807, 2.05) is 13.8 Å². The van der Waals surface area contributed by atoms with Gasteiger partial charge in [-0.25, -0.2) is 9.37 Å². The van der Waals surface area contributed by atoms with Crippen LogP contribution in [0.25, 0.3) is 0 Å². The predicted molar refractivity (Wildman–Crippen MR) is 68.0 cm³/mol. The topological polar surface area (TPSA) is 50.7 Å². The second-order valence-corrected chi connectivity index (χ2v) is 4.32. The van der Waals surface area contributed by atoms with Crippen LogP contribution in [0, 0.1) is 19.7 Å². The summed E-state index contributed by atoms with van der Waals surface area (Å²) >= 11 is 5.70. The van der Waals surface area contributed by atoms with E-state index in [-0.39, 0.29) is 5.02 Å². The second-order valence-electron chi connectivity index (χ2n) is 3.91. The molecule has 0 unspecified atom stereocenters. The molecule has 0 spiro atoms. The molecule has 0 radical (unpaired) electrons. The van der Waals surface area contributed by atoms with Crippen LogP contribution in [0.4, 0.5) is 10.3 Å². The molecule has 1 aromatic carbocycles. The lowest BCUT2D eigenvalue weighted by Crippen LogP contribution is -2.07. The van der Waals surface area contributed by atoms with Gasteiger partial charge in [-0.05, 0) is 31.5 Å². The van der Waals surface area contributed by atoms with Crippen LogP contribution in [0.3, 0.4) is 0 Å². The van der Waals surface area contributed by atoms with Crippen LogP contribution in [-0.2, 0) is 6.54 Å². The first kappa shape index (κ1) is 12.7. The maximum atomic E-state index is 13.0. The Morgan fingerprint density at radius 3 is 2.67 bits per heavy atom. The van der Waals surface area contributed by atoms with Crippen molar-refractivity contribution in [3.63, 3.8) is 0 Å². The number of halogens is 2. The number of nitrogens with one attached hydrogen (secondary N) is 1. The van der Waals surface area contributed by atoms with E-state index < -0.39 is 5.82 Å². The molecule has 1 heterocycles. The summed E-state index contributed by atoms with van der Waals surface area (Å²) in [4.78, 5) is 4.24. The normalized spacial score (nSPS) is 10.4. The van der Waals surface area contributed by atoms with Crippen molar-refractivity contribution in [2.24, 2.45) is 0 Å². The van der Waals surface area contributed by atoms with Crippen LogP contribution in [0.2, 0.25) is 5.02 Å². The SMILES string of the molecule is Cc1nnc(NCc2ccc(F)c(Cl)c2)nc1C. The van der Waals surface area contributed by atoms with E-state index in [0.29, 0.717) is 12.5 Å². The fourth-order valence-electron chi connectivity index (χ4n) is 1.36. The molecule has 0 aliphatic rings. The van der Waals surface area contributed by atoms with Crippen molar-refractivity contribution in [2.75, 3.05) is 5.32 Å². The lowest BCUT2D eigenvalue weighted by molar-refractivity contribution is 0.627. The Morgan fingerprint density at radius 1 is 1.22 bits per heavy atom. The molecule has 1 N–H and O–H groups in total. The quantitative estimate of drug-likeness (QED) is 0.928. The van der Waals surface area contributed by atoms with Gasteiger partial charge in [0, 0.05) is 6.54 Å². The minimum atomic E-state index is -0.426. The van der Waals surface area contributed by atoms with E-state index in [1.54, 1.807) is 12.1 Å². The van der Waals surface area contributed by atoms with Gasteiger partial charge in [0.25, 0.3) is 0 Å². The van der Waals surface area contributed by atoms with E-state index in [4.69, 9.17) is 11.6 Å². The number of hydrogen-bond acceptors (Lipinski definition) is 4. The smallest absolute Gasteiger partial charge is 0.243 e. The maximum Gasteiger partial charge on any atom is 0.243 e. The van der Waals surface area contributed by atoms with Gasteiger partial charge in [-0.3, -0.25) is 0 Å². The summed E-state index contributed by atoms with van der Waals surface area (Å²) in [5.74, 6) is 0.0167. The number of hydrogen-bond donors (Lipinski definition) is 1. The highest BCUT2D eigenvalue weighted by Gasteiger charge is 2.03. The highest BCUT2D eigenvalue weighted by molar-refractivity contribution is 6.30. The fraction of sp³-hybridized carbons (Fsp3) is 0.250. The van der Waals surface area contributed by atoms with Crippen molar-refractivity contribution in [3.8, 4) is 0 Å². The van der Waals surface area contributed by atoms with Crippen molar-refractivity contribution in [3.05, 3.63) is 46.0 Å². The summed E-state index contributed by atoms with van der Waals surface area (Å²) in [6, 6.07) is 4.56. The van der Waals surface area contributed by atoms with Gasteiger partial charge in [-0.15, -0.1) is 5.10 Å². The molecule has 6 heteroatoms. The molecule has 0 saturated heterocycles. The third-order valence-corrected chi connectivity index (χ3v) is 2.82. The first-order valence-corrected chi connectivity index (χ1v) is 5.80. The van der Waals surface area contributed by atoms with Crippen LogP contribution in [0.5, 0.6) is 0 Å².